The Kier molecular flexibility index (Phi) is 5.12. The minimum atomic E-state index is -3.21. The van der Waals surface area contributed by atoms with E-state index in [1.807, 2.05) is 4.90 Å². The summed E-state index contributed by atoms with van der Waals surface area (Å²) in [5, 5.41) is 9.77. The molecule has 6 nitrogen and oxygen atoms in total. The molecule has 7 heteroatoms. The van der Waals surface area contributed by atoms with E-state index in [-0.39, 0.29) is 17.9 Å². The van der Waals surface area contributed by atoms with Gasteiger partial charge in [-0.3, -0.25) is 4.79 Å². The van der Waals surface area contributed by atoms with Gasteiger partial charge in [0.1, 0.15) is 0 Å². The molecule has 18 heavy (non-hydrogen) atoms. The Morgan fingerprint density at radius 3 is 2.39 bits per heavy atom. The molecule has 1 aliphatic rings. The summed E-state index contributed by atoms with van der Waals surface area (Å²) >= 11 is 0. The van der Waals surface area contributed by atoms with Crippen LogP contribution in [-0.2, 0) is 14.6 Å². The first-order valence-corrected chi connectivity index (χ1v) is 7.96. The third-order valence-corrected chi connectivity index (χ3v) is 4.94. The van der Waals surface area contributed by atoms with Gasteiger partial charge in [0, 0.05) is 26.1 Å². The number of likely N-dealkylation sites (tertiary alicyclic amines) is 1. The largest absolute Gasteiger partial charge is 0.390 e. The lowest BCUT2D eigenvalue weighted by Crippen LogP contribution is -2.44. The number of nitrogens with two attached hydrogens (primary N) is 1. The minimum absolute atomic E-state index is 0.0441. The molecule has 0 aliphatic carbocycles. The van der Waals surface area contributed by atoms with Gasteiger partial charge in [0.2, 0.25) is 5.91 Å². The number of primary amides is 1. The van der Waals surface area contributed by atoms with Crippen molar-refractivity contribution in [1.29, 1.82) is 0 Å². The number of rotatable bonds is 6. The molecule has 0 unspecified atom stereocenters. The van der Waals surface area contributed by atoms with Gasteiger partial charge in [-0.05, 0) is 19.8 Å². The Morgan fingerprint density at radius 2 is 1.89 bits per heavy atom. The third-order valence-electron chi connectivity index (χ3n) is 3.31. The number of sulfone groups is 1. The highest BCUT2D eigenvalue weighted by Gasteiger charge is 2.27. The quantitative estimate of drug-likeness (QED) is 0.657. The molecule has 1 aliphatic heterocycles. The van der Waals surface area contributed by atoms with Crippen LogP contribution >= 0.6 is 0 Å². The normalized spacial score (nSPS) is 20.8. The van der Waals surface area contributed by atoms with Crippen LogP contribution in [0.3, 0.4) is 0 Å². The van der Waals surface area contributed by atoms with Crippen LogP contribution < -0.4 is 5.73 Å². The van der Waals surface area contributed by atoms with Crippen molar-refractivity contribution >= 4 is 15.7 Å². The van der Waals surface area contributed by atoms with E-state index in [2.05, 4.69) is 0 Å². The molecule has 1 amide bonds. The predicted octanol–water partition coefficient (Wildman–Crippen LogP) is -0.877. The van der Waals surface area contributed by atoms with Gasteiger partial charge in [-0.2, -0.15) is 0 Å². The fourth-order valence-corrected chi connectivity index (χ4v) is 3.14. The molecule has 0 saturated carbocycles. The SMILES string of the molecule is CC1(O)CCN(CCS(=O)(=O)CCC(N)=O)CC1. The Bertz CT molecular complexity index is 382. The van der Waals surface area contributed by atoms with Gasteiger partial charge in [-0.15, -0.1) is 0 Å². The molecule has 0 spiro atoms. The van der Waals surface area contributed by atoms with E-state index < -0.39 is 21.3 Å². The van der Waals surface area contributed by atoms with E-state index in [1.165, 1.54) is 0 Å². The van der Waals surface area contributed by atoms with Crippen LogP contribution in [0.25, 0.3) is 0 Å². The fourth-order valence-electron chi connectivity index (χ4n) is 1.88. The van der Waals surface area contributed by atoms with Gasteiger partial charge in [0.05, 0.1) is 17.1 Å². The van der Waals surface area contributed by atoms with Crippen molar-refractivity contribution in [2.24, 2.45) is 5.73 Å². The molecule has 0 aromatic rings. The van der Waals surface area contributed by atoms with Crippen molar-refractivity contribution < 1.29 is 18.3 Å². The first-order valence-electron chi connectivity index (χ1n) is 6.14. The van der Waals surface area contributed by atoms with Gasteiger partial charge >= 0.3 is 0 Å². The molecule has 0 bridgehead atoms. The highest BCUT2D eigenvalue weighted by Crippen LogP contribution is 2.20. The summed E-state index contributed by atoms with van der Waals surface area (Å²) in [6.07, 6.45) is 1.21. The summed E-state index contributed by atoms with van der Waals surface area (Å²) in [6, 6.07) is 0. The summed E-state index contributed by atoms with van der Waals surface area (Å²) < 4.78 is 23.2. The maximum Gasteiger partial charge on any atom is 0.218 e. The van der Waals surface area contributed by atoms with Gasteiger partial charge in [0.25, 0.3) is 0 Å². The molecular formula is C11H22N2O4S. The average Bonchev–Trinajstić information content (AvgIpc) is 2.25. The number of hydrogen-bond donors (Lipinski definition) is 2. The summed E-state index contributed by atoms with van der Waals surface area (Å²) in [7, 11) is -3.21. The standard InChI is InChI=1S/C11H22N2O4S/c1-11(15)3-5-13(6-4-11)7-9-18(16,17)8-2-10(12)14/h15H,2-9H2,1H3,(H2,12,14). The van der Waals surface area contributed by atoms with Crippen LogP contribution in [-0.4, -0.2) is 61.1 Å². The van der Waals surface area contributed by atoms with Crippen LogP contribution in [0.4, 0.5) is 0 Å². The lowest BCUT2D eigenvalue weighted by molar-refractivity contribution is -0.117. The zero-order valence-electron chi connectivity index (χ0n) is 10.8. The zero-order valence-corrected chi connectivity index (χ0v) is 11.6. The molecule has 1 heterocycles. The topological polar surface area (TPSA) is 101 Å². The molecule has 1 fully saturated rings. The molecule has 3 N–H and O–H groups in total. The molecule has 106 valence electrons. The smallest absolute Gasteiger partial charge is 0.218 e. The van der Waals surface area contributed by atoms with E-state index in [0.29, 0.717) is 32.5 Å². The Labute approximate surface area is 108 Å². The number of nitrogens with zero attached hydrogens (tertiary/aromatic N) is 1. The van der Waals surface area contributed by atoms with Crippen LogP contribution in [0.5, 0.6) is 0 Å². The van der Waals surface area contributed by atoms with Gasteiger partial charge in [-0.25, -0.2) is 8.42 Å². The van der Waals surface area contributed by atoms with Gasteiger partial charge < -0.3 is 15.7 Å². The highest BCUT2D eigenvalue weighted by atomic mass is 32.2. The molecule has 1 saturated heterocycles. The first kappa shape index (κ1) is 15.4. The molecule has 0 radical (unpaired) electrons. The van der Waals surface area contributed by atoms with Crippen LogP contribution in [0.15, 0.2) is 0 Å². The second kappa shape index (κ2) is 5.99. The Morgan fingerprint density at radius 1 is 1.33 bits per heavy atom. The van der Waals surface area contributed by atoms with Gasteiger partial charge in [0.15, 0.2) is 9.84 Å². The van der Waals surface area contributed by atoms with E-state index in [4.69, 9.17) is 5.73 Å². The molecule has 1 rings (SSSR count). The van der Waals surface area contributed by atoms with Crippen molar-refractivity contribution in [3.8, 4) is 0 Å². The maximum absolute atomic E-state index is 11.6. The molecule has 0 atom stereocenters. The monoisotopic (exact) mass is 278 g/mol. The Balaban J connectivity index is 2.31. The Hall–Kier alpha value is -0.660. The molecule has 0 aromatic carbocycles. The lowest BCUT2D eigenvalue weighted by atomic mass is 9.94. The van der Waals surface area contributed by atoms with Crippen LogP contribution in [0.2, 0.25) is 0 Å². The second-order valence-electron chi connectivity index (χ2n) is 5.21. The van der Waals surface area contributed by atoms with Crippen molar-refractivity contribution in [2.45, 2.75) is 31.8 Å². The summed E-state index contributed by atoms with van der Waals surface area (Å²) in [5.41, 5.74) is 4.30. The van der Waals surface area contributed by atoms with Crippen molar-refractivity contribution in [1.82, 2.24) is 4.90 Å². The van der Waals surface area contributed by atoms with Gasteiger partial charge in [-0.1, -0.05) is 0 Å². The van der Waals surface area contributed by atoms with Crippen molar-refractivity contribution in [2.75, 3.05) is 31.1 Å². The average molecular weight is 278 g/mol. The van der Waals surface area contributed by atoms with Crippen molar-refractivity contribution in [3.63, 3.8) is 0 Å². The highest BCUT2D eigenvalue weighted by molar-refractivity contribution is 7.91. The molecular weight excluding hydrogens is 256 g/mol. The summed E-state index contributed by atoms with van der Waals surface area (Å²) in [6.45, 7) is 3.67. The second-order valence-corrected chi connectivity index (χ2v) is 7.51. The first-order chi connectivity index (χ1) is 8.20. The zero-order chi connectivity index (χ0) is 13.8. The summed E-state index contributed by atoms with van der Waals surface area (Å²) in [4.78, 5) is 12.6. The summed E-state index contributed by atoms with van der Waals surface area (Å²) in [5.74, 6) is -0.719. The number of carbonyl (C=O) groups is 1. The van der Waals surface area contributed by atoms with E-state index >= 15 is 0 Å². The van der Waals surface area contributed by atoms with E-state index in [1.54, 1.807) is 6.92 Å². The molecule has 0 aromatic heterocycles. The van der Waals surface area contributed by atoms with Crippen LogP contribution in [0, 0.1) is 0 Å². The van der Waals surface area contributed by atoms with E-state index in [0.717, 1.165) is 0 Å². The van der Waals surface area contributed by atoms with Crippen LogP contribution in [0.1, 0.15) is 26.2 Å². The maximum atomic E-state index is 11.6. The predicted molar refractivity (Wildman–Crippen MR) is 68.8 cm³/mol. The number of amides is 1. The number of piperidine rings is 1. The number of carbonyl (C=O) groups excluding carboxylic acids is 1. The van der Waals surface area contributed by atoms with E-state index in [9.17, 15) is 18.3 Å². The fraction of sp³-hybridized carbons (Fsp3) is 0.909. The van der Waals surface area contributed by atoms with Crippen molar-refractivity contribution in [3.05, 3.63) is 0 Å². The lowest BCUT2D eigenvalue weighted by Gasteiger charge is -2.35. The third kappa shape index (κ3) is 5.79. The minimum Gasteiger partial charge on any atom is -0.390 e. The number of aliphatic hydroxyl groups is 1. The number of hydrogen-bond acceptors (Lipinski definition) is 5.